The van der Waals surface area contributed by atoms with Gasteiger partial charge < -0.3 is 20.0 Å². The maximum atomic E-state index is 12.6. The number of nitrogens with zero attached hydrogens (tertiary/aromatic N) is 3. The zero-order valence-corrected chi connectivity index (χ0v) is 17.1. The lowest BCUT2D eigenvalue weighted by molar-refractivity contribution is 0.177. The third-order valence-corrected chi connectivity index (χ3v) is 6.16. The van der Waals surface area contributed by atoms with Gasteiger partial charge in [0.1, 0.15) is 0 Å². The number of carbonyl (C=O) groups excluding carboxylic acids is 1. The Kier molecular flexibility index (Phi) is 7.53. The highest BCUT2D eigenvalue weighted by atomic mass is 16.2. The number of carbonyl (C=O) groups is 1. The average Bonchev–Trinajstić information content (AvgIpc) is 3.17. The second-order valence-electron chi connectivity index (χ2n) is 8.26. The van der Waals surface area contributed by atoms with E-state index in [1.807, 2.05) is 4.90 Å². The molecule has 2 aliphatic rings. The van der Waals surface area contributed by atoms with E-state index >= 15 is 0 Å². The van der Waals surface area contributed by atoms with Crippen molar-refractivity contribution in [3.8, 4) is 0 Å². The summed E-state index contributed by atoms with van der Waals surface area (Å²) < 4.78 is 0. The molecule has 0 spiro atoms. The molecule has 1 unspecified atom stereocenters. The Morgan fingerprint density at radius 3 is 2.59 bits per heavy atom. The first kappa shape index (κ1) is 20.2. The molecule has 27 heavy (non-hydrogen) atoms. The van der Waals surface area contributed by atoms with Gasteiger partial charge in [-0.25, -0.2) is 4.79 Å². The van der Waals surface area contributed by atoms with E-state index in [0.29, 0.717) is 12.0 Å². The van der Waals surface area contributed by atoms with Gasteiger partial charge in [0.15, 0.2) is 0 Å². The maximum Gasteiger partial charge on any atom is 0.317 e. The molecule has 2 fully saturated rings. The molecule has 5 nitrogen and oxygen atoms in total. The molecule has 1 aromatic rings. The van der Waals surface area contributed by atoms with Crippen LogP contribution < -0.4 is 5.32 Å². The van der Waals surface area contributed by atoms with Crippen LogP contribution in [0, 0.1) is 5.92 Å². The van der Waals surface area contributed by atoms with E-state index in [2.05, 4.69) is 59.4 Å². The van der Waals surface area contributed by atoms with Crippen molar-refractivity contribution in [3.63, 3.8) is 0 Å². The summed E-state index contributed by atoms with van der Waals surface area (Å²) in [6.07, 6.45) is 4.38. The Morgan fingerprint density at radius 2 is 1.89 bits per heavy atom. The van der Waals surface area contributed by atoms with Crippen molar-refractivity contribution in [2.75, 3.05) is 52.9 Å². The fourth-order valence-electron chi connectivity index (χ4n) is 4.23. The van der Waals surface area contributed by atoms with Crippen molar-refractivity contribution in [2.45, 2.75) is 38.6 Å². The van der Waals surface area contributed by atoms with Crippen molar-refractivity contribution >= 4 is 6.03 Å². The first-order valence-electron chi connectivity index (χ1n) is 10.6. The molecule has 0 aromatic heterocycles. The van der Waals surface area contributed by atoms with Crippen LogP contribution in [-0.4, -0.2) is 79.6 Å². The van der Waals surface area contributed by atoms with Gasteiger partial charge in [0.2, 0.25) is 0 Å². The molecule has 1 N–H and O–H groups in total. The third-order valence-electron chi connectivity index (χ3n) is 6.16. The zero-order valence-electron chi connectivity index (χ0n) is 17.1. The van der Waals surface area contributed by atoms with Crippen LogP contribution in [0.5, 0.6) is 0 Å². The molecule has 2 heterocycles. The molecule has 2 amide bonds. The first-order valence-corrected chi connectivity index (χ1v) is 10.6. The van der Waals surface area contributed by atoms with Crippen molar-refractivity contribution in [3.05, 3.63) is 35.9 Å². The van der Waals surface area contributed by atoms with E-state index in [1.54, 1.807) is 0 Å². The van der Waals surface area contributed by atoms with E-state index in [0.717, 1.165) is 71.5 Å². The zero-order chi connectivity index (χ0) is 19.1. The second-order valence-corrected chi connectivity index (χ2v) is 8.26. The van der Waals surface area contributed by atoms with Gasteiger partial charge in [-0.3, -0.25) is 0 Å². The smallest absolute Gasteiger partial charge is 0.317 e. The SMILES string of the molecule is CCN(C)CC1CCN(C(=O)NC2CCN(CCc3ccccc3)CC2)C1. The molecule has 2 aliphatic heterocycles. The fourth-order valence-corrected chi connectivity index (χ4v) is 4.23. The van der Waals surface area contributed by atoms with Gasteiger partial charge >= 0.3 is 6.03 Å². The Balaban J connectivity index is 1.33. The van der Waals surface area contributed by atoms with Crippen LogP contribution in [0.4, 0.5) is 4.79 Å². The minimum Gasteiger partial charge on any atom is -0.335 e. The highest BCUT2D eigenvalue weighted by Gasteiger charge is 2.29. The van der Waals surface area contributed by atoms with Crippen LogP contribution in [0.2, 0.25) is 0 Å². The fraction of sp³-hybridized carbons (Fsp3) is 0.682. The molecule has 3 rings (SSSR count). The predicted octanol–water partition coefficient (Wildman–Crippen LogP) is 2.68. The predicted molar refractivity (Wildman–Crippen MR) is 111 cm³/mol. The minimum atomic E-state index is 0.152. The highest BCUT2D eigenvalue weighted by Crippen LogP contribution is 2.18. The summed E-state index contributed by atoms with van der Waals surface area (Å²) in [7, 11) is 2.16. The van der Waals surface area contributed by atoms with E-state index < -0.39 is 0 Å². The lowest BCUT2D eigenvalue weighted by Crippen LogP contribution is -2.49. The number of urea groups is 1. The van der Waals surface area contributed by atoms with Crippen LogP contribution in [0.3, 0.4) is 0 Å². The van der Waals surface area contributed by atoms with Gasteiger partial charge in [-0.1, -0.05) is 37.3 Å². The van der Waals surface area contributed by atoms with Crippen LogP contribution in [0.25, 0.3) is 0 Å². The number of amides is 2. The Labute approximate surface area is 164 Å². The number of hydrogen-bond acceptors (Lipinski definition) is 3. The standard InChI is InChI=1S/C22H36N4O/c1-3-24(2)17-20-10-16-26(18-20)22(27)23-21-11-14-25(15-12-21)13-9-19-7-5-4-6-8-19/h4-8,20-21H,3,9-18H2,1-2H3,(H,23,27). The van der Waals surface area contributed by atoms with Gasteiger partial charge in [-0.15, -0.1) is 0 Å². The summed E-state index contributed by atoms with van der Waals surface area (Å²) in [5.74, 6) is 0.625. The third kappa shape index (κ3) is 6.22. The normalized spacial score (nSPS) is 21.7. The summed E-state index contributed by atoms with van der Waals surface area (Å²) >= 11 is 0. The van der Waals surface area contributed by atoms with Crippen molar-refractivity contribution < 1.29 is 4.79 Å². The Bertz CT molecular complexity index is 571. The molecule has 0 bridgehead atoms. The molecular formula is C22H36N4O. The van der Waals surface area contributed by atoms with Gasteiger partial charge in [0.25, 0.3) is 0 Å². The second kappa shape index (κ2) is 10.1. The van der Waals surface area contributed by atoms with Crippen molar-refractivity contribution in [1.29, 1.82) is 0 Å². The van der Waals surface area contributed by atoms with Crippen molar-refractivity contribution in [2.24, 2.45) is 5.92 Å². The minimum absolute atomic E-state index is 0.152. The number of benzene rings is 1. The number of piperidine rings is 1. The Hall–Kier alpha value is -1.59. The first-order chi connectivity index (χ1) is 13.1. The number of rotatable bonds is 7. The lowest BCUT2D eigenvalue weighted by atomic mass is 10.0. The molecular weight excluding hydrogens is 336 g/mol. The molecule has 0 radical (unpaired) electrons. The van der Waals surface area contributed by atoms with E-state index in [1.165, 1.54) is 5.56 Å². The van der Waals surface area contributed by atoms with Crippen LogP contribution in [-0.2, 0) is 6.42 Å². The van der Waals surface area contributed by atoms with Crippen molar-refractivity contribution in [1.82, 2.24) is 20.0 Å². The highest BCUT2D eigenvalue weighted by molar-refractivity contribution is 5.74. The molecule has 0 saturated carbocycles. The van der Waals surface area contributed by atoms with Crippen LogP contribution in [0.15, 0.2) is 30.3 Å². The van der Waals surface area contributed by atoms with E-state index in [9.17, 15) is 4.79 Å². The van der Waals surface area contributed by atoms with Gasteiger partial charge in [0.05, 0.1) is 0 Å². The van der Waals surface area contributed by atoms with Gasteiger partial charge in [0, 0.05) is 45.3 Å². The van der Waals surface area contributed by atoms with Crippen LogP contribution >= 0.6 is 0 Å². The van der Waals surface area contributed by atoms with Gasteiger partial charge in [-0.05, 0) is 50.8 Å². The molecule has 5 heteroatoms. The lowest BCUT2D eigenvalue weighted by Gasteiger charge is -2.33. The van der Waals surface area contributed by atoms with E-state index in [-0.39, 0.29) is 6.03 Å². The topological polar surface area (TPSA) is 38.8 Å². The molecule has 1 aromatic carbocycles. The quantitative estimate of drug-likeness (QED) is 0.800. The summed E-state index contributed by atoms with van der Waals surface area (Å²) in [4.78, 5) is 19.5. The monoisotopic (exact) mass is 372 g/mol. The summed E-state index contributed by atoms with van der Waals surface area (Å²) in [5, 5.41) is 3.29. The van der Waals surface area contributed by atoms with Crippen LogP contribution in [0.1, 0.15) is 31.7 Å². The number of hydrogen-bond donors (Lipinski definition) is 1. The summed E-state index contributed by atoms with van der Waals surface area (Å²) in [6, 6.07) is 11.2. The summed E-state index contributed by atoms with van der Waals surface area (Å²) in [5.41, 5.74) is 1.41. The average molecular weight is 373 g/mol. The molecule has 150 valence electrons. The number of likely N-dealkylation sites (tertiary alicyclic amines) is 2. The molecule has 2 saturated heterocycles. The largest absolute Gasteiger partial charge is 0.335 e. The molecule has 1 atom stereocenters. The summed E-state index contributed by atoms with van der Waals surface area (Å²) in [6.45, 7) is 9.46. The Morgan fingerprint density at radius 1 is 1.15 bits per heavy atom. The molecule has 0 aliphatic carbocycles. The van der Waals surface area contributed by atoms with E-state index in [4.69, 9.17) is 0 Å². The van der Waals surface area contributed by atoms with Gasteiger partial charge in [-0.2, -0.15) is 0 Å². The maximum absolute atomic E-state index is 12.6. The number of nitrogens with one attached hydrogen (secondary N) is 1.